The third-order valence-corrected chi connectivity index (χ3v) is 2.34. The summed E-state index contributed by atoms with van der Waals surface area (Å²) in [5.74, 6) is 0. The van der Waals surface area contributed by atoms with Crippen LogP contribution in [0.4, 0.5) is 0 Å². The molecule has 0 saturated heterocycles. The van der Waals surface area contributed by atoms with E-state index in [1.807, 2.05) is 0 Å². The van der Waals surface area contributed by atoms with Gasteiger partial charge in [-0.1, -0.05) is 23.8 Å². The van der Waals surface area contributed by atoms with Crippen molar-refractivity contribution in [3.05, 3.63) is 41.3 Å². The lowest BCUT2D eigenvalue weighted by Gasteiger charge is -2.15. The maximum atomic E-state index is 2.37. The highest BCUT2D eigenvalue weighted by molar-refractivity contribution is 5.34. The predicted octanol–water partition coefficient (Wildman–Crippen LogP) is 2.69. The Kier molecular flexibility index (Phi) is 1.69. The molecule has 0 heteroatoms. The smallest absolute Gasteiger partial charge is 0.0245 e. The molecule has 0 saturated carbocycles. The Labute approximate surface area is 68.3 Å². The molecule has 0 bridgehead atoms. The fourth-order valence-electron chi connectivity index (χ4n) is 1.70. The summed E-state index contributed by atoms with van der Waals surface area (Å²) < 4.78 is 0. The highest BCUT2D eigenvalue weighted by Gasteiger charge is 2.07. The van der Waals surface area contributed by atoms with Crippen molar-refractivity contribution in [3.63, 3.8) is 0 Å². The molecule has 1 aliphatic rings. The predicted molar refractivity (Wildman–Crippen MR) is 47.5 cm³/mol. The van der Waals surface area contributed by atoms with Crippen molar-refractivity contribution < 1.29 is 0 Å². The van der Waals surface area contributed by atoms with Gasteiger partial charge in [-0.3, -0.25) is 0 Å². The highest BCUT2D eigenvalue weighted by atomic mass is 14.1. The van der Waals surface area contributed by atoms with E-state index in [1.165, 1.54) is 30.4 Å². The van der Waals surface area contributed by atoms with Gasteiger partial charge < -0.3 is 0 Å². The summed E-state index contributed by atoms with van der Waals surface area (Å²) in [5, 5.41) is 0. The van der Waals surface area contributed by atoms with Crippen molar-refractivity contribution in [2.24, 2.45) is 0 Å². The number of aryl methyl sites for hydroxylation is 2. The summed E-state index contributed by atoms with van der Waals surface area (Å²) in [6.07, 6.45) is 6.06. The van der Waals surface area contributed by atoms with Crippen LogP contribution in [0.5, 0.6) is 0 Å². The maximum Gasteiger partial charge on any atom is -0.0245 e. The van der Waals surface area contributed by atoms with Crippen LogP contribution >= 0.6 is 0 Å². The molecule has 1 aromatic rings. The van der Waals surface area contributed by atoms with E-state index in [-0.39, 0.29) is 0 Å². The second kappa shape index (κ2) is 2.69. The summed E-state index contributed by atoms with van der Waals surface area (Å²) in [6.45, 7) is 2.17. The van der Waals surface area contributed by atoms with Gasteiger partial charge >= 0.3 is 0 Å². The highest BCUT2D eigenvalue weighted by Crippen LogP contribution is 2.20. The van der Waals surface area contributed by atoms with Crippen LogP contribution in [0.3, 0.4) is 0 Å². The van der Waals surface area contributed by atoms with E-state index in [1.54, 1.807) is 5.56 Å². The SMILES string of the molecule is Cc1ccc2c(c1)CC[CH]C2. The third kappa shape index (κ3) is 1.30. The standard InChI is InChI=1S/C11H13/c1-9-6-7-10-4-2-3-5-11(10)8-9/h2,6-8H,3-5H2,1H3. The first kappa shape index (κ1) is 6.90. The molecule has 0 fully saturated rings. The van der Waals surface area contributed by atoms with E-state index in [0.29, 0.717) is 0 Å². The van der Waals surface area contributed by atoms with E-state index < -0.39 is 0 Å². The number of rotatable bonds is 0. The van der Waals surface area contributed by atoms with Crippen LogP contribution in [-0.2, 0) is 12.8 Å². The molecule has 0 aromatic heterocycles. The van der Waals surface area contributed by atoms with Crippen molar-refractivity contribution in [1.29, 1.82) is 0 Å². The zero-order valence-corrected chi connectivity index (χ0v) is 6.93. The van der Waals surface area contributed by atoms with Crippen LogP contribution in [0.1, 0.15) is 23.1 Å². The second-order valence-electron chi connectivity index (χ2n) is 3.30. The van der Waals surface area contributed by atoms with Gasteiger partial charge in [0, 0.05) is 0 Å². The van der Waals surface area contributed by atoms with Crippen molar-refractivity contribution in [1.82, 2.24) is 0 Å². The summed E-state index contributed by atoms with van der Waals surface area (Å²) >= 11 is 0. The Morgan fingerprint density at radius 3 is 3.00 bits per heavy atom. The lowest BCUT2D eigenvalue weighted by Crippen LogP contribution is -2.02. The van der Waals surface area contributed by atoms with Gasteiger partial charge in [-0.15, -0.1) is 0 Å². The van der Waals surface area contributed by atoms with Crippen LogP contribution in [0.15, 0.2) is 18.2 Å². The summed E-state index contributed by atoms with van der Waals surface area (Å²) in [7, 11) is 0. The molecule has 0 spiro atoms. The maximum absolute atomic E-state index is 2.37. The van der Waals surface area contributed by atoms with E-state index in [2.05, 4.69) is 31.5 Å². The first-order valence-electron chi connectivity index (χ1n) is 4.26. The lowest BCUT2D eigenvalue weighted by atomic mass is 9.91. The monoisotopic (exact) mass is 145 g/mol. The molecule has 0 N–H and O–H groups in total. The van der Waals surface area contributed by atoms with Gasteiger partial charge in [0.1, 0.15) is 0 Å². The first-order chi connectivity index (χ1) is 5.36. The first-order valence-corrected chi connectivity index (χ1v) is 4.26. The van der Waals surface area contributed by atoms with Crippen LogP contribution in [0, 0.1) is 13.3 Å². The van der Waals surface area contributed by atoms with Crippen LogP contribution in [0.2, 0.25) is 0 Å². The Balaban J connectivity index is 2.43. The van der Waals surface area contributed by atoms with Crippen molar-refractivity contribution >= 4 is 0 Å². The molecule has 1 aliphatic carbocycles. The van der Waals surface area contributed by atoms with Crippen LogP contribution < -0.4 is 0 Å². The third-order valence-electron chi connectivity index (χ3n) is 2.34. The molecule has 0 aliphatic heterocycles. The topological polar surface area (TPSA) is 0 Å². The molecule has 0 atom stereocenters. The van der Waals surface area contributed by atoms with Crippen LogP contribution in [-0.4, -0.2) is 0 Å². The minimum absolute atomic E-state index is 1.18. The number of fused-ring (bicyclic) bond motifs is 1. The number of benzene rings is 1. The molecule has 11 heavy (non-hydrogen) atoms. The number of hydrogen-bond donors (Lipinski definition) is 0. The average Bonchev–Trinajstić information content (AvgIpc) is 2.04. The fraction of sp³-hybridized carbons (Fsp3) is 0.364. The molecule has 0 heterocycles. The summed E-state index contributed by atoms with van der Waals surface area (Å²) in [4.78, 5) is 0. The van der Waals surface area contributed by atoms with Crippen LogP contribution in [0.25, 0.3) is 0 Å². The summed E-state index contributed by atoms with van der Waals surface area (Å²) in [6, 6.07) is 6.79. The number of hydrogen-bond acceptors (Lipinski definition) is 0. The Morgan fingerprint density at radius 1 is 1.18 bits per heavy atom. The van der Waals surface area contributed by atoms with Crippen molar-refractivity contribution in [3.8, 4) is 0 Å². The lowest BCUT2D eigenvalue weighted by molar-refractivity contribution is 0.828. The van der Waals surface area contributed by atoms with E-state index in [4.69, 9.17) is 0 Å². The molecule has 1 aromatic carbocycles. The second-order valence-corrected chi connectivity index (χ2v) is 3.30. The molecular weight excluding hydrogens is 132 g/mol. The Bertz CT molecular complexity index is 261. The normalized spacial score (nSPS) is 16.1. The van der Waals surface area contributed by atoms with Gasteiger partial charge in [0.25, 0.3) is 0 Å². The van der Waals surface area contributed by atoms with Gasteiger partial charge in [0.05, 0.1) is 0 Å². The quantitative estimate of drug-likeness (QED) is 0.526. The van der Waals surface area contributed by atoms with Gasteiger partial charge in [-0.05, 0) is 43.7 Å². The van der Waals surface area contributed by atoms with E-state index >= 15 is 0 Å². The summed E-state index contributed by atoms with van der Waals surface area (Å²) in [5.41, 5.74) is 4.49. The molecule has 0 nitrogen and oxygen atoms in total. The molecule has 57 valence electrons. The molecule has 2 rings (SSSR count). The van der Waals surface area contributed by atoms with Crippen molar-refractivity contribution in [2.75, 3.05) is 0 Å². The van der Waals surface area contributed by atoms with Gasteiger partial charge in [0.15, 0.2) is 0 Å². The van der Waals surface area contributed by atoms with E-state index in [9.17, 15) is 0 Å². The molecular formula is C11H13. The molecule has 0 amide bonds. The van der Waals surface area contributed by atoms with Gasteiger partial charge in [-0.25, -0.2) is 0 Å². The fourth-order valence-corrected chi connectivity index (χ4v) is 1.70. The largest absolute Gasteiger partial charge is 0.0590 e. The average molecular weight is 145 g/mol. The minimum Gasteiger partial charge on any atom is -0.0590 e. The van der Waals surface area contributed by atoms with E-state index in [0.717, 1.165) is 0 Å². The Hall–Kier alpha value is -0.780. The molecule has 1 radical (unpaired) electrons. The molecule has 0 unspecified atom stereocenters. The van der Waals surface area contributed by atoms with Gasteiger partial charge in [0.2, 0.25) is 0 Å². The van der Waals surface area contributed by atoms with Crippen molar-refractivity contribution in [2.45, 2.75) is 26.2 Å². The van der Waals surface area contributed by atoms with Gasteiger partial charge in [-0.2, -0.15) is 0 Å². The minimum atomic E-state index is 1.18. The zero-order chi connectivity index (χ0) is 7.68. The Morgan fingerprint density at radius 2 is 2.09 bits per heavy atom. The zero-order valence-electron chi connectivity index (χ0n) is 6.93.